The van der Waals surface area contributed by atoms with Gasteiger partial charge in [-0.1, -0.05) is 36.4 Å². The molecule has 0 aliphatic carbocycles. The van der Waals surface area contributed by atoms with Crippen LogP contribution in [0.1, 0.15) is 46.8 Å². The molecule has 0 bridgehead atoms. The second kappa shape index (κ2) is 8.64. The Morgan fingerprint density at radius 1 is 0.968 bits per heavy atom. The summed E-state index contributed by atoms with van der Waals surface area (Å²) in [5.74, 6) is 0.0665. The Balaban J connectivity index is 1.25. The van der Waals surface area contributed by atoms with Crippen LogP contribution in [0.25, 0.3) is 11.1 Å². The van der Waals surface area contributed by atoms with E-state index in [2.05, 4.69) is 59.3 Å². The first-order chi connectivity index (χ1) is 15.2. The van der Waals surface area contributed by atoms with Crippen LogP contribution >= 0.6 is 0 Å². The number of hydrogen-bond donors (Lipinski definition) is 0. The Bertz CT molecular complexity index is 1060. The molecule has 2 aliphatic heterocycles. The van der Waals surface area contributed by atoms with E-state index in [1.54, 1.807) is 24.5 Å². The third-order valence-electron chi connectivity index (χ3n) is 6.81. The monoisotopic (exact) mass is 411 g/mol. The van der Waals surface area contributed by atoms with Gasteiger partial charge in [-0.25, -0.2) is 0 Å². The number of aromatic nitrogens is 1. The quantitative estimate of drug-likeness (QED) is 0.597. The van der Waals surface area contributed by atoms with Crippen LogP contribution in [0.3, 0.4) is 0 Å². The van der Waals surface area contributed by atoms with E-state index in [0.29, 0.717) is 18.7 Å². The molecule has 31 heavy (non-hydrogen) atoms. The van der Waals surface area contributed by atoms with Crippen LogP contribution in [-0.2, 0) is 19.5 Å². The van der Waals surface area contributed by atoms with Gasteiger partial charge >= 0.3 is 0 Å². The van der Waals surface area contributed by atoms with Gasteiger partial charge in [0.1, 0.15) is 0 Å². The molecule has 2 aromatic carbocycles. The van der Waals surface area contributed by atoms with Crippen molar-refractivity contribution in [2.75, 3.05) is 13.1 Å². The number of pyridine rings is 1. The van der Waals surface area contributed by atoms with E-state index >= 15 is 0 Å². The fourth-order valence-electron chi connectivity index (χ4n) is 4.86. The summed E-state index contributed by atoms with van der Waals surface area (Å²) in [6, 6.07) is 19.9. The predicted octanol–water partition coefficient (Wildman–Crippen LogP) is 4.93. The van der Waals surface area contributed by atoms with Gasteiger partial charge in [0.05, 0.1) is 0 Å². The van der Waals surface area contributed by atoms with Crippen LogP contribution in [0.2, 0.25) is 0 Å². The summed E-state index contributed by atoms with van der Waals surface area (Å²) in [6.45, 7) is 6.08. The standard InChI is InChI=1S/C27H29N3O/c1-20-3-2-15-29(20)16-12-21-4-6-22(7-5-21)24-8-9-25-18-30(19-26(25)17-24)27(31)23-10-13-28-14-11-23/h4-11,13-14,17,20H,2-3,12,15-16,18-19H2,1H3. The van der Waals surface area contributed by atoms with E-state index in [1.165, 1.54) is 47.2 Å². The van der Waals surface area contributed by atoms with Gasteiger partial charge in [-0.05, 0) is 78.7 Å². The van der Waals surface area contributed by atoms with Crippen LogP contribution in [0.15, 0.2) is 67.0 Å². The summed E-state index contributed by atoms with van der Waals surface area (Å²) in [6.07, 6.45) is 7.13. The zero-order valence-electron chi connectivity index (χ0n) is 18.1. The number of hydrogen-bond acceptors (Lipinski definition) is 3. The second-order valence-electron chi connectivity index (χ2n) is 8.85. The maximum atomic E-state index is 12.8. The van der Waals surface area contributed by atoms with Crippen molar-refractivity contribution < 1.29 is 4.79 Å². The molecule has 2 aliphatic rings. The summed E-state index contributed by atoms with van der Waals surface area (Å²) in [4.78, 5) is 21.3. The minimum atomic E-state index is 0.0665. The van der Waals surface area contributed by atoms with E-state index < -0.39 is 0 Å². The molecule has 4 heteroatoms. The first kappa shape index (κ1) is 20.0. The van der Waals surface area contributed by atoms with Crippen molar-refractivity contribution >= 4 is 5.91 Å². The number of fused-ring (bicyclic) bond motifs is 1. The smallest absolute Gasteiger partial charge is 0.254 e. The molecule has 3 aromatic rings. The number of nitrogens with zero attached hydrogens (tertiary/aromatic N) is 3. The lowest BCUT2D eigenvalue weighted by molar-refractivity contribution is 0.0751. The molecule has 3 heterocycles. The van der Waals surface area contributed by atoms with E-state index in [4.69, 9.17) is 0 Å². The highest BCUT2D eigenvalue weighted by molar-refractivity contribution is 5.94. The van der Waals surface area contributed by atoms with Gasteiger partial charge < -0.3 is 9.80 Å². The highest BCUT2D eigenvalue weighted by Crippen LogP contribution is 2.29. The number of carbonyl (C=O) groups excluding carboxylic acids is 1. The third-order valence-corrected chi connectivity index (χ3v) is 6.81. The van der Waals surface area contributed by atoms with Gasteiger partial charge in [-0.3, -0.25) is 9.78 Å². The minimum absolute atomic E-state index is 0.0665. The Hall–Kier alpha value is -2.98. The van der Waals surface area contributed by atoms with Crippen LogP contribution < -0.4 is 0 Å². The molecule has 1 aromatic heterocycles. The summed E-state index contributed by atoms with van der Waals surface area (Å²) in [7, 11) is 0. The van der Waals surface area contributed by atoms with Crippen molar-refractivity contribution in [2.24, 2.45) is 0 Å². The van der Waals surface area contributed by atoms with Crippen molar-refractivity contribution in [3.8, 4) is 11.1 Å². The zero-order chi connectivity index (χ0) is 21.2. The number of benzene rings is 2. The van der Waals surface area contributed by atoms with Gasteiger partial charge in [-0.15, -0.1) is 0 Å². The normalized spacial score (nSPS) is 18.4. The molecule has 0 spiro atoms. The Kier molecular flexibility index (Phi) is 5.56. The first-order valence-electron chi connectivity index (χ1n) is 11.3. The molecule has 0 N–H and O–H groups in total. The Morgan fingerprint density at radius 3 is 2.45 bits per heavy atom. The number of likely N-dealkylation sites (tertiary alicyclic amines) is 1. The minimum Gasteiger partial charge on any atom is -0.330 e. The molecule has 1 fully saturated rings. The maximum absolute atomic E-state index is 12.8. The lowest BCUT2D eigenvalue weighted by Crippen LogP contribution is -2.28. The van der Waals surface area contributed by atoms with E-state index in [-0.39, 0.29) is 5.91 Å². The SMILES string of the molecule is CC1CCCN1CCc1ccc(-c2ccc3c(c2)CN(C(=O)c2ccncc2)C3)cc1. The summed E-state index contributed by atoms with van der Waals surface area (Å²) in [5, 5.41) is 0. The Labute approximate surface area is 184 Å². The van der Waals surface area contributed by atoms with Crippen molar-refractivity contribution in [1.82, 2.24) is 14.8 Å². The maximum Gasteiger partial charge on any atom is 0.254 e. The van der Waals surface area contributed by atoms with E-state index in [1.807, 2.05) is 4.90 Å². The summed E-state index contributed by atoms with van der Waals surface area (Å²) >= 11 is 0. The highest BCUT2D eigenvalue weighted by Gasteiger charge is 2.24. The van der Waals surface area contributed by atoms with Gasteiger partial charge in [0, 0.05) is 43.6 Å². The van der Waals surface area contributed by atoms with Gasteiger partial charge in [0.15, 0.2) is 0 Å². The van der Waals surface area contributed by atoms with E-state index in [0.717, 1.165) is 19.0 Å². The van der Waals surface area contributed by atoms with Crippen LogP contribution in [0.4, 0.5) is 0 Å². The molecule has 0 radical (unpaired) electrons. The van der Waals surface area contributed by atoms with E-state index in [9.17, 15) is 4.79 Å². The number of amides is 1. The van der Waals surface area contributed by atoms with Gasteiger partial charge in [-0.2, -0.15) is 0 Å². The van der Waals surface area contributed by atoms with Crippen molar-refractivity contribution in [3.63, 3.8) is 0 Å². The number of carbonyl (C=O) groups is 1. The van der Waals surface area contributed by atoms with Crippen molar-refractivity contribution in [2.45, 2.75) is 45.3 Å². The molecule has 1 saturated heterocycles. The number of rotatable bonds is 5. The predicted molar refractivity (Wildman–Crippen MR) is 124 cm³/mol. The lowest BCUT2D eigenvalue weighted by atomic mass is 9.99. The average Bonchev–Trinajstić information content (AvgIpc) is 3.43. The summed E-state index contributed by atoms with van der Waals surface area (Å²) < 4.78 is 0. The third kappa shape index (κ3) is 4.26. The molecule has 158 valence electrons. The summed E-state index contributed by atoms with van der Waals surface area (Å²) in [5.41, 5.74) is 7.03. The first-order valence-corrected chi connectivity index (χ1v) is 11.3. The molecule has 1 unspecified atom stereocenters. The fraction of sp³-hybridized carbons (Fsp3) is 0.333. The fourth-order valence-corrected chi connectivity index (χ4v) is 4.86. The van der Waals surface area contributed by atoms with Gasteiger partial charge in [0.25, 0.3) is 5.91 Å². The molecule has 4 nitrogen and oxygen atoms in total. The van der Waals surface area contributed by atoms with Crippen molar-refractivity contribution in [3.05, 3.63) is 89.2 Å². The molecule has 5 rings (SSSR count). The molecule has 0 saturated carbocycles. The van der Waals surface area contributed by atoms with Crippen LogP contribution in [0.5, 0.6) is 0 Å². The lowest BCUT2D eigenvalue weighted by Gasteiger charge is -2.20. The average molecular weight is 412 g/mol. The second-order valence-corrected chi connectivity index (χ2v) is 8.85. The zero-order valence-corrected chi connectivity index (χ0v) is 18.1. The van der Waals surface area contributed by atoms with Crippen molar-refractivity contribution in [1.29, 1.82) is 0 Å². The molecule has 1 atom stereocenters. The topological polar surface area (TPSA) is 36.4 Å². The molecule has 1 amide bonds. The molecular weight excluding hydrogens is 382 g/mol. The Morgan fingerprint density at radius 2 is 1.71 bits per heavy atom. The largest absolute Gasteiger partial charge is 0.330 e. The van der Waals surface area contributed by atoms with Crippen LogP contribution in [-0.4, -0.2) is 39.8 Å². The van der Waals surface area contributed by atoms with Crippen LogP contribution in [0, 0.1) is 0 Å². The molecular formula is C27H29N3O. The van der Waals surface area contributed by atoms with Gasteiger partial charge in [0.2, 0.25) is 0 Å². The highest BCUT2D eigenvalue weighted by atomic mass is 16.2.